The number of amides is 2. The Kier molecular flexibility index (Phi) is 13.8. The van der Waals surface area contributed by atoms with Crippen molar-refractivity contribution in [3.8, 4) is 0 Å². The van der Waals surface area contributed by atoms with Gasteiger partial charge >= 0.3 is 5.97 Å². The van der Waals surface area contributed by atoms with E-state index in [4.69, 9.17) is 18.9 Å². The van der Waals surface area contributed by atoms with Gasteiger partial charge in [0.25, 0.3) is 11.8 Å². The average molecular weight is 457 g/mol. The highest BCUT2D eigenvalue weighted by molar-refractivity contribution is 7.78. The first-order valence-corrected chi connectivity index (χ1v) is 10.8. The molecule has 174 valence electrons. The predicted octanol–water partition coefficient (Wildman–Crippen LogP) is 1.80. The van der Waals surface area contributed by atoms with E-state index >= 15 is 0 Å². The maximum Gasteiger partial charge on any atom is 0.308 e. The first-order valence-electron chi connectivity index (χ1n) is 10.4. The second-order valence-corrected chi connectivity index (χ2v) is 7.55. The normalized spacial score (nSPS) is 15.1. The van der Waals surface area contributed by atoms with Crippen molar-refractivity contribution in [2.75, 3.05) is 59.3 Å². The van der Waals surface area contributed by atoms with Crippen LogP contribution in [0, 0.1) is 5.41 Å². The van der Waals surface area contributed by atoms with Gasteiger partial charge < -0.3 is 18.9 Å². The van der Waals surface area contributed by atoms with Crippen LogP contribution in [0.1, 0.15) is 33.1 Å². The van der Waals surface area contributed by atoms with Crippen LogP contribution in [0.3, 0.4) is 0 Å². The molecule has 0 aromatic rings. The van der Waals surface area contributed by atoms with Gasteiger partial charge in [0, 0.05) is 37.3 Å². The lowest BCUT2D eigenvalue weighted by Gasteiger charge is -2.29. The Bertz CT molecular complexity index is 646. The van der Waals surface area contributed by atoms with Crippen LogP contribution in [0.5, 0.6) is 0 Å². The van der Waals surface area contributed by atoms with Crippen molar-refractivity contribution in [3.63, 3.8) is 0 Å². The Morgan fingerprint density at radius 1 is 1.06 bits per heavy atom. The Morgan fingerprint density at radius 2 is 1.65 bits per heavy atom. The zero-order valence-corrected chi connectivity index (χ0v) is 19.1. The van der Waals surface area contributed by atoms with Gasteiger partial charge in [-0.15, -0.1) is 0 Å². The summed E-state index contributed by atoms with van der Waals surface area (Å²) in [5.41, 5.74) is -0.428. The molecule has 0 aliphatic carbocycles. The molecule has 0 aromatic carbocycles. The molecule has 1 rings (SSSR count). The number of aliphatic imine (C=N–C) groups is 1. The van der Waals surface area contributed by atoms with E-state index in [1.807, 2.05) is 6.92 Å². The van der Waals surface area contributed by atoms with Gasteiger partial charge in [-0.05, 0) is 32.0 Å². The summed E-state index contributed by atoms with van der Waals surface area (Å²) in [6.45, 7) is 7.23. The molecule has 1 unspecified atom stereocenters. The van der Waals surface area contributed by atoms with Gasteiger partial charge in [0.1, 0.15) is 0 Å². The number of hydrogen-bond acceptors (Lipinski definition) is 9. The number of rotatable bonds is 18. The van der Waals surface area contributed by atoms with Crippen LogP contribution in [0.25, 0.3) is 0 Å². The number of nitrogens with zero attached hydrogens (tertiary/aromatic N) is 2. The molecule has 9 nitrogen and oxygen atoms in total. The molecule has 1 atom stereocenters. The van der Waals surface area contributed by atoms with Gasteiger partial charge in [0.2, 0.25) is 0 Å². The molecule has 0 spiro atoms. The molecule has 0 bridgehead atoms. The maximum absolute atomic E-state index is 11.6. The van der Waals surface area contributed by atoms with E-state index < -0.39 is 5.41 Å². The minimum absolute atomic E-state index is 0.188. The smallest absolute Gasteiger partial charge is 0.308 e. The van der Waals surface area contributed by atoms with Gasteiger partial charge in [0.15, 0.2) is 0 Å². The molecule has 0 saturated carbocycles. The van der Waals surface area contributed by atoms with E-state index in [9.17, 15) is 14.4 Å². The second kappa shape index (κ2) is 15.8. The molecule has 1 aliphatic rings. The summed E-state index contributed by atoms with van der Waals surface area (Å²) in [4.78, 5) is 39.6. The summed E-state index contributed by atoms with van der Waals surface area (Å²) >= 11 is 4.53. The lowest BCUT2D eigenvalue weighted by atomic mass is 9.94. The zero-order valence-electron chi connectivity index (χ0n) is 18.3. The highest BCUT2D eigenvalue weighted by Crippen LogP contribution is 2.19. The Morgan fingerprint density at radius 3 is 2.23 bits per heavy atom. The molecule has 1 aliphatic heterocycles. The van der Waals surface area contributed by atoms with E-state index in [1.54, 1.807) is 6.92 Å². The van der Waals surface area contributed by atoms with E-state index in [0.29, 0.717) is 59.2 Å². The maximum atomic E-state index is 11.6. The van der Waals surface area contributed by atoms with E-state index in [0.717, 1.165) is 6.42 Å². The van der Waals surface area contributed by atoms with Crippen molar-refractivity contribution in [2.45, 2.75) is 33.1 Å². The van der Waals surface area contributed by atoms with Crippen LogP contribution in [0.2, 0.25) is 0 Å². The number of carbonyl (C=O) groups is 3. The number of carbonyl (C=O) groups excluding carboxylic acids is 3. The predicted molar refractivity (Wildman–Crippen MR) is 117 cm³/mol. The van der Waals surface area contributed by atoms with Gasteiger partial charge in [-0.1, -0.05) is 6.92 Å². The summed E-state index contributed by atoms with van der Waals surface area (Å²) in [6, 6.07) is 0. The number of isothiocyanates is 1. The number of hydrogen-bond donors (Lipinski definition) is 0. The molecule has 31 heavy (non-hydrogen) atoms. The molecule has 0 aromatic heterocycles. The minimum atomic E-state index is -0.428. The SMILES string of the molecule is CCOC(=O)CCOCC(C)(COCCCN=C=S)COCCCN1C(=O)C=CC1=O. The number of thiocarbonyl (C=S) groups is 1. The lowest BCUT2D eigenvalue weighted by molar-refractivity contribution is -0.145. The lowest BCUT2D eigenvalue weighted by Crippen LogP contribution is -2.35. The second-order valence-electron chi connectivity index (χ2n) is 7.37. The molecule has 1 heterocycles. The molecule has 0 radical (unpaired) electrons. The Balaban J connectivity index is 2.37. The van der Waals surface area contributed by atoms with Crippen molar-refractivity contribution in [2.24, 2.45) is 10.4 Å². The van der Waals surface area contributed by atoms with Gasteiger partial charge in [-0.2, -0.15) is 0 Å². The highest BCUT2D eigenvalue weighted by Gasteiger charge is 2.27. The third-order valence-electron chi connectivity index (χ3n) is 4.30. The Labute approximate surface area is 188 Å². The fourth-order valence-corrected chi connectivity index (χ4v) is 2.83. The highest BCUT2D eigenvalue weighted by atomic mass is 32.1. The van der Waals surface area contributed by atoms with Crippen molar-refractivity contribution in [1.82, 2.24) is 4.90 Å². The summed E-state index contributed by atoms with van der Waals surface area (Å²) in [7, 11) is 0. The van der Waals surface area contributed by atoms with Gasteiger partial charge in [-0.3, -0.25) is 19.3 Å². The largest absolute Gasteiger partial charge is 0.466 e. The quantitative estimate of drug-likeness (QED) is 0.101. The van der Waals surface area contributed by atoms with Crippen molar-refractivity contribution >= 4 is 35.2 Å². The van der Waals surface area contributed by atoms with E-state index in [1.165, 1.54) is 17.1 Å². The summed E-state index contributed by atoms with van der Waals surface area (Å²) in [5.74, 6) is -0.885. The molecular weight excluding hydrogens is 424 g/mol. The molecular formula is C21H32N2O7S. The van der Waals surface area contributed by atoms with Crippen molar-refractivity contribution in [1.29, 1.82) is 0 Å². The van der Waals surface area contributed by atoms with Crippen LogP contribution in [0.15, 0.2) is 17.1 Å². The van der Waals surface area contributed by atoms with Crippen LogP contribution in [-0.2, 0) is 33.3 Å². The van der Waals surface area contributed by atoms with E-state index in [2.05, 4.69) is 22.4 Å². The standard InChI is InChI=1S/C21H32N2O7S/c1-3-30-20(26)8-13-29-16-21(2,14-27-11-4-9-22-17-31)15-28-12-5-10-23-18(24)6-7-19(23)25/h6-7H,3-5,8-16H2,1-2H3. The topological polar surface area (TPSA) is 104 Å². The third kappa shape index (κ3) is 11.9. The third-order valence-corrected chi connectivity index (χ3v) is 4.43. The monoisotopic (exact) mass is 456 g/mol. The van der Waals surface area contributed by atoms with Gasteiger partial charge in [-0.25, -0.2) is 4.99 Å². The van der Waals surface area contributed by atoms with Crippen LogP contribution in [-0.4, -0.2) is 87.2 Å². The minimum Gasteiger partial charge on any atom is -0.466 e. The number of ether oxygens (including phenoxy) is 4. The molecule has 0 N–H and O–H groups in total. The van der Waals surface area contributed by atoms with Gasteiger partial charge in [0.05, 0.1) is 51.2 Å². The molecule has 2 amide bonds. The fraction of sp³-hybridized carbons (Fsp3) is 0.714. The van der Waals surface area contributed by atoms with Crippen molar-refractivity contribution in [3.05, 3.63) is 12.2 Å². The summed E-state index contributed by atoms with van der Waals surface area (Å²) < 4.78 is 22.1. The molecule has 10 heteroatoms. The first-order chi connectivity index (χ1) is 14.9. The summed E-state index contributed by atoms with van der Waals surface area (Å²) in [6.07, 6.45) is 3.99. The van der Waals surface area contributed by atoms with Crippen LogP contribution >= 0.6 is 12.2 Å². The van der Waals surface area contributed by atoms with Crippen molar-refractivity contribution < 1.29 is 33.3 Å². The number of esters is 1. The average Bonchev–Trinajstić information content (AvgIpc) is 3.06. The van der Waals surface area contributed by atoms with Crippen LogP contribution < -0.4 is 0 Å². The molecule has 0 saturated heterocycles. The summed E-state index contributed by atoms with van der Waals surface area (Å²) in [5, 5.41) is 2.32. The van der Waals surface area contributed by atoms with E-state index in [-0.39, 0.29) is 30.8 Å². The number of imide groups is 1. The van der Waals surface area contributed by atoms with Crippen LogP contribution in [0.4, 0.5) is 0 Å². The Hall–Kier alpha value is -1.97. The molecule has 0 fully saturated rings. The fourth-order valence-electron chi connectivity index (χ4n) is 2.74. The zero-order chi connectivity index (χ0) is 23.0. The first kappa shape index (κ1) is 27.1.